The molecule has 1 aliphatic rings. The van der Waals surface area contributed by atoms with E-state index in [0.717, 1.165) is 6.07 Å². The summed E-state index contributed by atoms with van der Waals surface area (Å²) in [6, 6.07) is 1.37. The Kier molecular flexibility index (Phi) is 3.29. The highest BCUT2D eigenvalue weighted by atomic mass is 79.9. The minimum Gasteiger partial charge on any atom is -0.384 e. The first-order valence-electron chi connectivity index (χ1n) is 5.98. The number of hydrogen-bond donors (Lipinski definition) is 2. The number of benzene rings is 1. The van der Waals surface area contributed by atoms with Gasteiger partial charge >= 0.3 is 0 Å². The van der Waals surface area contributed by atoms with Crippen molar-refractivity contribution in [3.05, 3.63) is 55.5 Å². The standard InChI is InChI=1S/C13H5BrF3N3O3/c14-4-2-5(15)8(16)9(17)10(4)20-6(21)1-3-7(11(20)18)13(23)19-12(3)22/h1-2H,18H2,(H,19,22,23). The number of aromatic nitrogens is 1. The summed E-state index contributed by atoms with van der Waals surface area (Å²) >= 11 is 2.82. The van der Waals surface area contributed by atoms with Crippen LogP contribution in [0.2, 0.25) is 0 Å². The van der Waals surface area contributed by atoms with Crippen molar-refractivity contribution in [3.8, 4) is 5.69 Å². The molecule has 2 amide bonds. The van der Waals surface area contributed by atoms with E-state index in [2.05, 4.69) is 15.9 Å². The molecule has 10 heteroatoms. The average Bonchev–Trinajstić information content (AvgIpc) is 2.74. The number of fused-ring (bicyclic) bond motifs is 1. The van der Waals surface area contributed by atoms with E-state index in [-0.39, 0.29) is 15.6 Å². The predicted molar refractivity (Wildman–Crippen MR) is 75.8 cm³/mol. The molecule has 2 heterocycles. The van der Waals surface area contributed by atoms with Gasteiger partial charge in [-0.25, -0.2) is 13.2 Å². The van der Waals surface area contributed by atoms with E-state index in [0.29, 0.717) is 10.6 Å². The number of imide groups is 1. The van der Waals surface area contributed by atoms with Crippen LogP contribution in [0.5, 0.6) is 0 Å². The highest BCUT2D eigenvalue weighted by Crippen LogP contribution is 2.31. The monoisotopic (exact) mass is 387 g/mol. The highest BCUT2D eigenvalue weighted by Gasteiger charge is 2.33. The third-order valence-electron chi connectivity index (χ3n) is 3.27. The second-order valence-corrected chi connectivity index (χ2v) is 5.45. The number of nitrogens with zero attached hydrogens (tertiary/aromatic N) is 1. The van der Waals surface area contributed by atoms with Gasteiger partial charge in [-0.05, 0) is 22.0 Å². The second-order valence-electron chi connectivity index (χ2n) is 4.59. The predicted octanol–water partition coefficient (Wildman–Crippen LogP) is 1.48. The summed E-state index contributed by atoms with van der Waals surface area (Å²) in [5, 5.41) is 1.93. The average molecular weight is 388 g/mol. The van der Waals surface area contributed by atoms with E-state index < -0.39 is 46.3 Å². The lowest BCUT2D eigenvalue weighted by Gasteiger charge is -2.14. The molecule has 23 heavy (non-hydrogen) atoms. The van der Waals surface area contributed by atoms with Crippen molar-refractivity contribution in [3.63, 3.8) is 0 Å². The van der Waals surface area contributed by atoms with Crippen molar-refractivity contribution < 1.29 is 22.8 Å². The number of rotatable bonds is 1. The largest absolute Gasteiger partial charge is 0.384 e. The molecule has 0 unspecified atom stereocenters. The molecule has 3 rings (SSSR count). The first kappa shape index (κ1) is 15.3. The fourth-order valence-corrected chi connectivity index (χ4v) is 2.82. The van der Waals surface area contributed by atoms with Crippen molar-refractivity contribution in [1.82, 2.24) is 9.88 Å². The van der Waals surface area contributed by atoms with Gasteiger partial charge in [0, 0.05) is 10.5 Å². The molecule has 0 saturated heterocycles. The maximum absolute atomic E-state index is 14.1. The zero-order chi connectivity index (χ0) is 17.0. The van der Waals surface area contributed by atoms with Crippen LogP contribution in [0.3, 0.4) is 0 Å². The van der Waals surface area contributed by atoms with Crippen molar-refractivity contribution in [2.75, 3.05) is 5.73 Å². The van der Waals surface area contributed by atoms with E-state index in [9.17, 15) is 27.6 Å². The fourth-order valence-electron chi connectivity index (χ4n) is 2.27. The molecule has 2 aromatic rings. The first-order valence-corrected chi connectivity index (χ1v) is 6.78. The lowest BCUT2D eigenvalue weighted by Crippen LogP contribution is -2.25. The third kappa shape index (κ3) is 2.05. The second kappa shape index (κ2) is 4.95. The van der Waals surface area contributed by atoms with Gasteiger partial charge in [0.2, 0.25) is 0 Å². The molecule has 0 fully saturated rings. The number of nitrogen functional groups attached to an aromatic ring is 1. The van der Waals surface area contributed by atoms with E-state index >= 15 is 0 Å². The van der Waals surface area contributed by atoms with E-state index in [1.54, 1.807) is 0 Å². The van der Waals surface area contributed by atoms with Crippen LogP contribution >= 0.6 is 15.9 Å². The van der Waals surface area contributed by atoms with Crippen LogP contribution in [0.4, 0.5) is 19.0 Å². The van der Waals surface area contributed by atoms with Crippen LogP contribution in [0.1, 0.15) is 20.7 Å². The molecule has 1 aromatic heterocycles. The van der Waals surface area contributed by atoms with Gasteiger partial charge < -0.3 is 5.73 Å². The Morgan fingerprint density at radius 1 is 1.04 bits per heavy atom. The quantitative estimate of drug-likeness (QED) is 0.440. The molecule has 1 aliphatic heterocycles. The zero-order valence-corrected chi connectivity index (χ0v) is 12.5. The van der Waals surface area contributed by atoms with Crippen LogP contribution in [0.15, 0.2) is 21.4 Å². The fraction of sp³-hybridized carbons (Fsp3) is 0. The summed E-state index contributed by atoms with van der Waals surface area (Å²) in [7, 11) is 0. The maximum atomic E-state index is 14.1. The summed E-state index contributed by atoms with van der Waals surface area (Å²) in [5.41, 5.74) is 3.38. The van der Waals surface area contributed by atoms with E-state index in [1.807, 2.05) is 5.32 Å². The summed E-state index contributed by atoms with van der Waals surface area (Å²) < 4.78 is 40.9. The Morgan fingerprint density at radius 2 is 1.70 bits per heavy atom. The smallest absolute Gasteiger partial charge is 0.262 e. The van der Waals surface area contributed by atoms with Crippen LogP contribution in [-0.4, -0.2) is 16.4 Å². The molecule has 0 spiro atoms. The number of hydrogen-bond acceptors (Lipinski definition) is 4. The number of carbonyl (C=O) groups is 2. The van der Waals surface area contributed by atoms with Crippen molar-refractivity contribution in [2.45, 2.75) is 0 Å². The Bertz CT molecular complexity index is 971. The van der Waals surface area contributed by atoms with Gasteiger partial charge in [0.05, 0.1) is 11.1 Å². The molecule has 118 valence electrons. The van der Waals surface area contributed by atoms with Crippen LogP contribution in [0.25, 0.3) is 5.69 Å². The lowest BCUT2D eigenvalue weighted by atomic mass is 10.1. The Hall–Kier alpha value is -2.62. The molecule has 0 radical (unpaired) electrons. The lowest BCUT2D eigenvalue weighted by molar-refractivity contribution is 0.0880. The molecule has 6 nitrogen and oxygen atoms in total. The van der Waals surface area contributed by atoms with Crippen LogP contribution < -0.4 is 16.6 Å². The molecule has 0 aliphatic carbocycles. The first-order chi connectivity index (χ1) is 10.7. The minimum atomic E-state index is -1.81. The number of pyridine rings is 1. The van der Waals surface area contributed by atoms with Gasteiger partial charge in [-0.2, -0.15) is 0 Å². The normalized spacial score (nSPS) is 13.2. The number of anilines is 1. The van der Waals surface area contributed by atoms with Gasteiger partial charge in [-0.3, -0.25) is 24.3 Å². The highest BCUT2D eigenvalue weighted by molar-refractivity contribution is 9.10. The van der Waals surface area contributed by atoms with Crippen molar-refractivity contribution in [1.29, 1.82) is 0 Å². The molecule has 0 atom stereocenters. The summed E-state index contributed by atoms with van der Waals surface area (Å²) in [4.78, 5) is 35.4. The number of carbonyl (C=O) groups excluding carboxylic acids is 2. The van der Waals surface area contributed by atoms with Gasteiger partial charge in [-0.1, -0.05) is 0 Å². The molecule has 1 aromatic carbocycles. The number of halogens is 4. The molecule has 0 saturated carbocycles. The third-order valence-corrected chi connectivity index (χ3v) is 3.87. The Labute approximate surface area is 133 Å². The summed E-state index contributed by atoms with van der Waals surface area (Å²) in [6.07, 6.45) is 0. The van der Waals surface area contributed by atoms with Crippen molar-refractivity contribution >= 4 is 33.6 Å². The van der Waals surface area contributed by atoms with Gasteiger partial charge in [0.25, 0.3) is 17.4 Å². The van der Waals surface area contributed by atoms with E-state index in [1.165, 1.54) is 0 Å². The minimum absolute atomic E-state index is 0.270. The summed E-state index contributed by atoms with van der Waals surface area (Å²) in [5.74, 6) is -7.23. The molecular formula is C13H5BrF3N3O3. The van der Waals surface area contributed by atoms with Gasteiger partial charge in [0.1, 0.15) is 11.5 Å². The Balaban J connectivity index is 2.43. The number of nitrogens with two attached hydrogens (primary N) is 1. The van der Waals surface area contributed by atoms with Crippen LogP contribution in [-0.2, 0) is 0 Å². The SMILES string of the molecule is Nc1c2c(cc(=O)n1-c1c(Br)cc(F)c(F)c1F)C(=O)NC2=O. The van der Waals surface area contributed by atoms with Gasteiger partial charge in [0.15, 0.2) is 17.5 Å². The van der Waals surface area contributed by atoms with Crippen LogP contribution in [0, 0.1) is 17.5 Å². The van der Waals surface area contributed by atoms with Gasteiger partial charge in [-0.15, -0.1) is 0 Å². The maximum Gasteiger partial charge on any atom is 0.262 e. The van der Waals surface area contributed by atoms with Crippen molar-refractivity contribution in [2.24, 2.45) is 0 Å². The molecular weight excluding hydrogens is 383 g/mol. The molecule has 3 N–H and O–H groups in total. The zero-order valence-electron chi connectivity index (χ0n) is 10.9. The molecule has 0 bridgehead atoms. The van der Waals surface area contributed by atoms with E-state index in [4.69, 9.17) is 5.73 Å². The number of nitrogens with one attached hydrogen (secondary N) is 1. The summed E-state index contributed by atoms with van der Waals surface area (Å²) in [6.45, 7) is 0. The Morgan fingerprint density at radius 3 is 2.35 bits per heavy atom. The number of amides is 2. The topological polar surface area (TPSA) is 94.2 Å².